The molecule has 0 aliphatic heterocycles. The van der Waals surface area contributed by atoms with Crippen molar-refractivity contribution in [2.45, 2.75) is 0 Å². The first-order valence-electron chi connectivity index (χ1n) is 5.23. The van der Waals surface area contributed by atoms with Crippen LogP contribution in [0.5, 0.6) is 0 Å². The van der Waals surface area contributed by atoms with Gasteiger partial charge >= 0.3 is 0 Å². The second-order valence-electron chi connectivity index (χ2n) is 3.45. The average Bonchev–Trinajstić information content (AvgIpc) is 2.38. The molecule has 2 aromatic carbocycles. The lowest BCUT2D eigenvalue weighted by molar-refractivity contribution is -0.105. The van der Waals surface area contributed by atoms with Crippen molar-refractivity contribution in [3.05, 3.63) is 60.7 Å². The molecule has 0 spiro atoms. The molecule has 0 saturated carbocycles. The van der Waals surface area contributed by atoms with Gasteiger partial charge in [0.15, 0.2) is 0 Å². The van der Waals surface area contributed by atoms with Crippen LogP contribution in [-0.4, -0.2) is 12.4 Å². The van der Waals surface area contributed by atoms with Crippen LogP contribution in [0.1, 0.15) is 0 Å². The number of hydrogen-bond acceptors (Lipinski definition) is 1. The zero-order valence-corrected chi connectivity index (χ0v) is 11.9. The van der Waals surface area contributed by atoms with Crippen LogP contribution in [0.3, 0.4) is 0 Å². The van der Waals surface area contributed by atoms with Crippen LogP contribution in [0.2, 0.25) is 0 Å². The third-order valence-electron chi connectivity index (χ3n) is 2.39. The average molecular weight is 309 g/mol. The van der Waals surface area contributed by atoms with E-state index in [2.05, 4.69) is 24.3 Å². The van der Waals surface area contributed by atoms with Crippen molar-refractivity contribution in [1.29, 1.82) is 0 Å². The van der Waals surface area contributed by atoms with Crippen molar-refractivity contribution in [3.8, 4) is 0 Å². The van der Waals surface area contributed by atoms with Gasteiger partial charge in [-0.1, -0.05) is 60.7 Å². The molecule has 0 fully saturated rings. The highest BCUT2D eigenvalue weighted by atomic mass is 79.9. The summed E-state index contributed by atoms with van der Waals surface area (Å²) in [7, 11) is -0.519. The normalized spacial score (nSPS) is 9.71. The molecular formula is C14H14BrOP. The molecule has 0 heterocycles. The quantitative estimate of drug-likeness (QED) is 0.627. The Morgan fingerprint density at radius 1 is 0.824 bits per heavy atom. The van der Waals surface area contributed by atoms with E-state index in [1.54, 1.807) is 0 Å². The van der Waals surface area contributed by atoms with Crippen molar-refractivity contribution < 1.29 is 4.79 Å². The van der Waals surface area contributed by atoms with E-state index < -0.39 is 7.92 Å². The van der Waals surface area contributed by atoms with E-state index in [0.717, 1.165) is 6.29 Å². The molecule has 0 bridgehead atoms. The lowest BCUT2D eigenvalue weighted by Gasteiger charge is -2.15. The minimum Gasteiger partial charge on any atom is -0.303 e. The summed E-state index contributed by atoms with van der Waals surface area (Å²) < 4.78 is 0. The van der Waals surface area contributed by atoms with E-state index in [1.165, 1.54) is 10.6 Å². The highest BCUT2D eigenvalue weighted by Crippen LogP contribution is 2.31. The van der Waals surface area contributed by atoms with Gasteiger partial charge < -0.3 is 4.79 Å². The van der Waals surface area contributed by atoms with Crippen LogP contribution >= 0.6 is 24.9 Å². The lowest BCUT2D eigenvalue weighted by atomic mass is 10.4. The highest BCUT2D eigenvalue weighted by molar-refractivity contribution is 8.93. The van der Waals surface area contributed by atoms with Gasteiger partial charge in [-0.3, -0.25) is 0 Å². The summed E-state index contributed by atoms with van der Waals surface area (Å²) in [5.41, 5.74) is 0. The van der Waals surface area contributed by atoms with E-state index in [4.69, 9.17) is 0 Å². The molecule has 1 nitrogen and oxygen atoms in total. The summed E-state index contributed by atoms with van der Waals surface area (Å²) in [5.74, 6) is 0. The third-order valence-corrected chi connectivity index (χ3v) is 4.75. The van der Waals surface area contributed by atoms with Gasteiger partial charge in [-0.05, 0) is 18.5 Å². The minimum absolute atomic E-state index is 0. The van der Waals surface area contributed by atoms with Gasteiger partial charge in [-0.25, -0.2) is 0 Å². The zero-order chi connectivity index (χ0) is 11.2. The number of carbonyl (C=O) groups is 1. The van der Waals surface area contributed by atoms with Crippen molar-refractivity contribution in [2.24, 2.45) is 0 Å². The number of rotatable bonds is 4. The van der Waals surface area contributed by atoms with Crippen molar-refractivity contribution in [3.63, 3.8) is 0 Å². The number of aldehydes is 1. The van der Waals surface area contributed by atoms with Gasteiger partial charge in [0.25, 0.3) is 0 Å². The van der Waals surface area contributed by atoms with E-state index >= 15 is 0 Å². The summed E-state index contributed by atoms with van der Waals surface area (Å²) in [6, 6.07) is 20.5. The number of hydrogen-bond donors (Lipinski definition) is 0. The molecule has 2 rings (SSSR count). The van der Waals surface area contributed by atoms with Crippen molar-refractivity contribution in [2.75, 3.05) is 6.16 Å². The summed E-state index contributed by atoms with van der Waals surface area (Å²) >= 11 is 0. The number of benzene rings is 2. The third kappa shape index (κ3) is 3.76. The van der Waals surface area contributed by atoms with Gasteiger partial charge in [0, 0.05) is 6.16 Å². The van der Waals surface area contributed by atoms with Gasteiger partial charge in [0.2, 0.25) is 0 Å². The number of halogens is 1. The maximum atomic E-state index is 10.8. The van der Waals surface area contributed by atoms with Gasteiger partial charge in [-0.2, -0.15) is 0 Å². The van der Waals surface area contributed by atoms with E-state index in [1.807, 2.05) is 36.4 Å². The summed E-state index contributed by atoms with van der Waals surface area (Å²) in [4.78, 5) is 10.8. The monoisotopic (exact) mass is 308 g/mol. The van der Waals surface area contributed by atoms with Gasteiger partial charge in [0.1, 0.15) is 6.29 Å². The first-order chi connectivity index (χ1) is 7.92. The van der Waals surface area contributed by atoms with E-state index in [0.29, 0.717) is 6.16 Å². The fraction of sp³-hybridized carbons (Fsp3) is 0.0714. The lowest BCUT2D eigenvalue weighted by Crippen LogP contribution is -2.14. The van der Waals surface area contributed by atoms with Gasteiger partial charge in [-0.15, -0.1) is 17.0 Å². The van der Waals surface area contributed by atoms with Crippen LogP contribution in [0.4, 0.5) is 0 Å². The first kappa shape index (κ1) is 14.1. The molecule has 0 amide bonds. The van der Waals surface area contributed by atoms with E-state index in [9.17, 15) is 4.79 Å². The summed E-state index contributed by atoms with van der Waals surface area (Å²) in [6.45, 7) is 0. The molecule has 3 heteroatoms. The molecule has 0 atom stereocenters. The smallest absolute Gasteiger partial charge is 0.124 e. The van der Waals surface area contributed by atoms with Crippen LogP contribution in [0.15, 0.2) is 60.7 Å². The molecular weight excluding hydrogens is 295 g/mol. The second-order valence-corrected chi connectivity index (χ2v) is 5.70. The van der Waals surface area contributed by atoms with Crippen molar-refractivity contribution in [1.82, 2.24) is 0 Å². The Morgan fingerprint density at radius 3 is 1.59 bits per heavy atom. The molecule has 0 N–H and O–H groups in total. The Labute approximate surface area is 113 Å². The molecule has 0 radical (unpaired) electrons. The Kier molecular flexibility index (Phi) is 6.10. The topological polar surface area (TPSA) is 17.1 Å². The Hall–Kier alpha value is -0.980. The highest BCUT2D eigenvalue weighted by Gasteiger charge is 2.11. The van der Waals surface area contributed by atoms with Crippen LogP contribution in [0.25, 0.3) is 0 Å². The molecule has 2 aromatic rings. The SMILES string of the molecule is Br.O=CCP(c1ccccc1)c1ccccc1. The molecule has 0 saturated heterocycles. The standard InChI is InChI=1S/C14H13OP.BrH/c15-11-12-16(13-7-3-1-4-8-13)14-9-5-2-6-10-14;/h1-11H,12H2;1H. The second kappa shape index (κ2) is 7.37. The first-order valence-corrected chi connectivity index (χ1v) is 6.76. The maximum Gasteiger partial charge on any atom is 0.124 e. The van der Waals surface area contributed by atoms with Crippen LogP contribution in [-0.2, 0) is 4.79 Å². The fourth-order valence-electron chi connectivity index (χ4n) is 1.65. The predicted molar refractivity (Wildman–Crippen MR) is 80.3 cm³/mol. The van der Waals surface area contributed by atoms with Crippen molar-refractivity contribution >= 4 is 41.8 Å². The predicted octanol–water partition coefficient (Wildman–Crippen LogP) is 2.90. The Morgan fingerprint density at radius 2 is 1.24 bits per heavy atom. The molecule has 0 unspecified atom stereocenters. The molecule has 0 aromatic heterocycles. The minimum atomic E-state index is -0.519. The summed E-state index contributed by atoms with van der Waals surface area (Å²) in [5, 5.41) is 2.52. The Bertz CT molecular complexity index is 405. The molecule has 0 aliphatic carbocycles. The summed E-state index contributed by atoms with van der Waals surface area (Å²) in [6.07, 6.45) is 1.62. The van der Waals surface area contributed by atoms with Crippen LogP contribution < -0.4 is 10.6 Å². The Balaban J connectivity index is 0.00000144. The maximum absolute atomic E-state index is 10.8. The van der Waals surface area contributed by atoms with E-state index in [-0.39, 0.29) is 17.0 Å². The zero-order valence-electron chi connectivity index (χ0n) is 9.32. The molecule has 88 valence electrons. The fourth-order valence-corrected chi connectivity index (χ4v) is 3.58. The largest absolute Gasteiger partial charge is 0.303 e. The molecule has 0 aliphatic rings. The van der Waals surface area contributed by atoms with Crippen LogP contribution in [0, 0.1) is 0 Å². The van der Waals surface area contributed by atoms with Gasteiger partial charge in [0.05, 0.1) is 0 Å². The molecule has 17 heavy (non-hydrogen) atoms. The number of carbonyl (C=O) groups excluding carboxylic acids is 1.